The van der Waals surface area contributed by atoms with Gasteiger partial charge in [-0.25, -0.2) is 4.98 Å². The lowest BCUT2D eigenvalue weighted by Gasteiger charge is -2.04. The second-order valence-corrected chi connectivity index (χ2v) is 6.10. The molecule has 3 rings (SSSR count). The number of aromatic hydroxyl groups is 1. The van der Waals surface area contributed by atoms with Crippen LogP contribution in [0.15, 0.2) is 23.6 Å². The summed E-state index contributed by atoms with van der Waals surface area (Å²) < 4.78 is 0. The molecule has 1 amide bonds. The quantitative estimate of drug-likeness (QED) is 0.911. The molecule has 2 aromatic rings. The molecule has 2 N–H and O–H groups in total. The molecule has 6 heteroatoms. The number of phenolic OH excluding ortho intramolecular Hbond substituents is 1. The molecule has 1 fully saturated rings. The van der Waals surface area contributed by atoms with Crippen LogP contribution in [0.1, 0.15) is 39.8 Å². The molecule has 0 radical (unpaired) electrons. The molecular weight excluding hydrogens is 296 g/mol. The van der Waals surface area contributed by atoms with Gasteiger partial charge >= 0.3 is 0 Å². The van der Waals surface area contributed by atoms with Gasteiger partial charge in [0.05, 0.1) is 22.3 Å². The number of carbonyl (C=O) groups excluding carboxylic acids is 1. The van der Waals surface area contributed by atoms with Crippen molar-refractivity contribution in [2.75, 3.05) is 0 Å². The highest BCUT2D eigenvalue weighted by Crippen LogP contribution is 2.41. The van der Waals surface area contributed by atoms with E-state index in [4.69, 9.17) is 11.6 Å². The summed E-state index contributed by atoms with van der Waals surface area (Å²) in [5, 5.41) is 15.4. The first-order chi connectivity index (χ1) is 9.63. The highest BCUT2D eigenvalue weighted by Gasteiger charge is 2.26. The van der Waals surface area contributed by atoms with Gasteiger partial charge in [-0.1, -0.05) is 11.6 Å². The number of hydrogen-bond donors (Lipinski definition) is 2. The van der Waals surface area contributed by atoms with Gasteiger partial charge in [0.15, 0.2) is 0 Å². The van der Waals surface area contributed by atoms with Crippen molar-refractivity contribution in [1.82, 2.24) is 10.3 Å². The first-order valence-electron chi connectivity index (χ1n) is 6.34. The lowest BCUT2D eigenvalue weighted by molar-refractivity contribution is 0.0950. The number of nitrogens with one attached hydrogen (secondary N) is 1. The molecule has 0 aliphatic heterocycles. The van der Waals surface area contributed by atoms with Gasteiger partial charge in [-0.2, -0.15) is 0 Å². The van der Waals surface area contributed by atoms with Crippen LogP contribution < -0.4 is 5.32 Å². The van der Waals surface area contributed by atoms with E-state index in [0.29, 0.717) is 18.0 Å². The molecule has 1 heterocycles. The van der Waals surface area contributed by atoms with Crippen LogP contribution in [0.2, 0.25) is 5.02 Å². The molecule has 0 bridgehead atoms. The summed E-state index contributed by atoms with van der Waals surface area (Å²) in [4.78, 5) is 16.5. The van der Waals surface area contributed by atoms with Crippen LogP contribution in [-0.4, -0.2) is 16.0 Å². The second-order valence-electron chi connectivity index (χ2n) is 4.80. The Hall–Kier alpha value is -1.59. The molecule has 0 atom stereocenters. The number of aromatic nitrogens is 1. The summed E-state index contributed by atoms with van der Waals surface area (Å²) in [7, 11) is 0. The minimum Gasteiger partial charge on any atom is -0.506 e. The molecule has 4 nitrogen and oxygen atoms in total. The van der Waals surface area contributed by atoms with Gasteiger partial charge in [0.1, 0.15) is 5.75 Å². The summed E-state index contributed by atoms with van der Waals surface area (Å²) in [6.07, 6.45) is 2.45. The zero-order chi connectivity index (χ0) is 14.1. The van der Waals surface area contributed by atoms with Gasteiger partial charge in [-0.15, -0.1) is 11.3 Å². The lowest BCUT2D eigenvalue weighted by atomic mass is 10.2. The zero-order valence-electron chi connectivity index (χ0n) is 10.6. The van der Waals surface area contributed by atoms with Crippen LogP contribution in [0.25, 0.3) is 0 Å². The maximum Gasteiger partial charge on any atom is 0.251 e. The third-order valence-electron chi connectivity index (χ3n) is 3.14. The van der Waals surface area contributed by atoms with Crippen LogP contribution in [-0.2, 0) is 6.54 Å². The van der Waals surface area contributed by atoms with E-state index in [0.717, 1.165) is 5.69 Å². The van der Waals surface area contributed by atoms with Gasteiger partial charge in [0.25, 0.3) is 5.91 Å². The summed E-state index contributed by atoms with van der Waals surface area (Å²) in [5.74, 6) is 0.380. The van der Waals surface area contributed by atoms with Crippen LogP contribution in [0.3, 0.4) is 0 Å². The van der Waals surface area contributed by atoms with Crippen molar-refractivity contribution < 1.29 is 9.90 Å². The van der Waals surface area contributed by atoms with Crippen molar-refractivity contribution in [2.24, 2.45) is 0 Å². The first-order valence-corrected chi connectivity index (χ1v) is 7.60. The largest absolute Gasteiger partial charge is 0.506 e. The molecule has 0 saturated heterocycles. The number of benzene rings is 1. The Labute approximate surface area is 125 Å². The zero-order valence-corrected chi connectivity index (χ0v) is 12.2. The molecule has 1 aromatic carbocycles. The smallest absolute Gasteiger partial charge is 0.251 e. The molecule has 0 spiro atoms. The van der Waals surface area contributed by atoms with E-state index in [2.05, 4.69) is 10.3 Å². The summed E-state index contributed by atoms with van der Waals surface area (Å²) in [6, 6.07) is 4.39. The van der Waals surface area contributed by atoms with Gasteiger partial charge in [0.2, 0.25) is 0 Å². The number of nitrogens with zero attached hydrogens (tertiary/aromatic N) is 1. The fraction of sp³-hybridized carbons (Fsp3) is 0.286. The number of thiazole rings is 1. The Balaban J connectivity index is 1.61. The minimum atomic E-state index is -0.229. The number of hydrogen-bond acceptors (Lipinski definition) is 4. The van der Waals surface area contributed by atoms with Crippen molar-refractivity contribution in [3.8, 4) is 5.75 Å². The molecule has 0 unspecified atom stereocenters. The average Bonchev–Trinajstić information content (AvgIpc) is 3.18. The van der Waals surface area contributed by atoms with E-state index in [9.17, 15) is 9.90 Å². The third kappa shape index (κ3) is 2.94. The molecule has 104 valence electrons. The molecule has 20 heavy (non-hydrogen) atoms. The number of amides is 1. The minimum absolute atomic E-state index is 0.0307. The Morgan fingerprint density at radius 3 is 3.00 bits per heavy atom. The summed E-state index contributed by atoms with van der Waals surface area (Å²) in [5.41, 5.74) is 1.31. The standard InChI is InChI=1S/C14H13ClN2O2S/c15-11-5-9(3-4-12(11)18)13(19)16-6-10-7-20-14(17-10)8-1-2-8/h3-5,7-8,18H,1-2,6H2,(H,16,19). The average molecular weight is 309 g/mol. The Bertz CT molecular complexity index is 652. The fourth-order valence-electron chi connectivity index (χ4n) is 1.84. The van der Waals surface area contributed by atoms with Gasteiger partial charge < -0.3 is 10.4 Å². The number of rotatable bonds is 4. The molecule has 1 aliphatic carbocycles. The molecule has 1 aliphatic rings. The van der Waals surface area contributed by atoms with Crippen molar-refractivity contribution in [2.45, 2.75) is 25.3 Å². The number of carbonyl (C=O) groups is 1. The Morgan fingerprint density at radius 2 is 2.30 bits per heavy atom. The maximum absolute atomic E-state index is 12.0. The number of phenols is 1. The summed E-state index contributed by atoms with van der Waals surface area (Å²) >= 11 is 7.43. The van der Waals surface area contributed by atoms with Gasteiger partial charge in [-0.3, -0.25) is 4.79 Å². The van der Waals surface area contributed by atoms with E-state index in [1.807, 2.05) is 5.38 Å². The van der Waals surface area contributed by atoms with Crippen molar-refractivity contribution in [3.63, 3.8) is 0 Å². The highest BCUT2D eigenvalue weighted by atomic mass is 35.5. The van der Waals surface area contributed by atoms with Gasteiger partial charge in [-0.05, 0) is 31.0 Å². The second kappa shape index (κ2) is 5.42. The topological polar surface area (TPSA) is 62.2 Å². The fourth-order valence-corrected chi connectivity index (χ4v) is 3.01. The molecular formula is C14H13ClN2O2S. The van der Waals surface area contributed by atoms with Crippen molar-refractivity contribution in [3.05, 3.63) is 44.9 Å². The highest BCUT2D eigenvalue weighted by molar-refractivity contribution is 7.09. The summed E-state index contributed by atoms with van der Waals surface area (Å²) in [6.45, 7) is 0.403. The number of halogens is 1. The van der Waals surface area contributed by atoms with E-state index in [-0.39, 0.29) is 16.7 Å². The SMILES string of the molecule is O=C(NCc1csc(C2CC2)n1)c1ccc(O)c(Cl)c1. The molecule has 1 aromatic heterocycles. The van der Waals surface area contributed by atoms with Crippen LogP contribution in [0, 0.1) is 0 Å². The van der Waals surface area contributed by atoms with E-state index < -0.39 is 0 Å². The van der Waals surface area contributed by atoms with Crippen LogP contribution in [0.4, 0.5) is 0 Å². The van der Waals surface area contributed by atoms with Gasteiger partial charge in [0, 0.05) is 16.9 Å². The predicted octanol–water partition coefficient (Wildman–Crippen LogP) is 3.31. The lowest BCUT2D eigenvalue weighted by Crippen LogP contribution is -2.22. The predicted molar refractivity (Wildman–Crippen MR) is 78.4 cm³/mol. The Kier molecular flexibility index (Phi) is 3.63. The van der Waals surface area contributed by atoms with E-state index in [1.165, 1.54) is 36.0 Å². The Morgan fingerprint density at radius 1 is 1.50 bits per heavy atom. The van der Waals surface area contributed by atoms with Crippen molar-refractivity contribution >= 4 is 28.8 Å². The van der Waals surface area contributed by atoms with E-state index >= 15 is 0 Å². The normalized spacial score (nSPS) is 14.2. The van der Waals surface area contributed by atoms with E-state index in [1.54, 1.807) is 11.3 Å². The maximum atomic E-state index is 12.0. The van der Waals surface area contributed by atoms with Crippen LogP contribution >= 0.6 is 22.9 Å². The first kappa shape index (κ1) is 13.4. The van der Waals surface area contributed by atoms with Crippen molar-refractivity contribution in [1.29, 1.82) is 0 Å². The monoisotopic (exact) mass is 308 g/mol. The third-order valence-corrected chi connectivity index (χ3v) is 4.49. The van der Waals surface area contributed by atoms with Crippen LogP contribution in [0.5, 0.6) is 5.75 Å². The molecule has 1 saturated carbocycles.